The summed E-state index contributed by atoms with van der Waals surface area (Å²) in [5.74, 6) is 5.49. The first kappa shape index (κ1) is 9.17. The molecule has 80 valence electrons. The van der Waals surface area contributed by atoms with Gasteiger partial charge in [0.15, 0.2) is 0 Å². The van der Waals surface area contributed by atoms with Gasteiger partial charge in [0.1, 0.15) is 0 Å². The minimum absolute atomic E-state index is 0.508. The first-order chi connectivity index (χ1) is 6.81. The fraction of sp³-hybridized carbons (Fsp3) is 1.00. The van der Waals surface area contributed by atoms with E-state index < -0.39 is 0 Å². The Hall–Kier alpha value is -0.0800. The summed E-state index contributed by atoms with van der Waals surface area (Å²) in [6.45, 7) is 4.20. The van der Waals surface area contributed by atoms with Crippen LogP contribution in [0.15, 0.2) is 0 Å². The van der Waals surface area contributed by atoms with Crippen LogP contribution in [-0.4, -0.2) is 19.1 Å². The van der Waals surface area contributed by atoms with Crippen molar-refractivity contribution in [1.29, 1.82) is 0 Å². The highest BCUT2D eigenvalue weighted by molar-refractivity contribution is 5.13. The molecule has 0 spiro atoms. The van der Waals surface area contributed by atoms with E-state index in [0.717, 1.165) is 36.1 Å². The maximum Gasteiger partial charge on any atom is 0.0162 e. The van der Waals surface area contributed by atoms with Gasteiger partial charge >= 0.3 is 0 Å². The Bertz CT molecular complexity index is 212. The van der Waals surface area contributed by atoms with E-state index in [0.29, 0.717) is 6.04 Å². The zero-order chi connectivity index (χ0) is 9.71. The predicted octanol–water partition coefficient (Wildman–Crippen LogP) is 1.22. The lowest BCUT2D eigenvalue weighted by Crippen LogP contribution is -2.35. The molecule has 0 heterocycles. The van der Waals surface area contributed by atoms with Gasteiger partial charge in [0, 0.05) is 12.6 Å². The van der Waals surface area contributed by atoms with E-state index in [2.05, 4.69) is 12.2 Å². The van der Waals surface area contributed by atoms with Crippen LogP contribution in [0.25, 0.3) is 0 Å². The van der Waals surface area contributed by atoms with Crippen LogP contribution in [0, 0.1) is 29.6 Å². The zero-order valence-electron chi connectivity index (χ0n) is 9.08. The molecule has 14 heavy (non-hydrogen) atoms. The smallest absolute Gasteiger partial charge is 0.0162 e. The number of nitrogens with one attached hydrogen (secondary N) is 1. The van der Waals surface area contributed by atoms with Crippen molar-refractivity contribution in [2.75, 3.05) is 13.1 Å². The summed E-state index contributed by atoms with van der Waals surface area (Å²) in [5, 5.41) is 3.57. The number of rotatable bonds is 4. The Morgan fingerprint density at radius 1 is 1.29 bits per heavy atom. The van der Waals surface area contributed by atoms with Gasteiger partial charge in [-0.2, -0.15) is 0 Å². The van der Waals surface area contributed by atoms with Crippen molar-refractivity contribution in [3.05, 3.63) is 0 Å². The van der Waals surface area contributed by atoms with E-state index in [4.69, 9.17) is 5.73 Å². The van der Waals surface area contributed by atoms with Crippen LogP contribution >= 0.6 is 0 Å². The average molecular weight is 194 g/mol. The van der Waals surface area contributed by atoms with Crippen LogP contribution < -0.4 is 11.1 Å². The molecule has 0 saturated heterocycles. The van der Waals surface area contributed by atoms with Gasteiger partial charge in [0.2, 0.25) is 0 Å². The molecule has 3 saturated carbocycles. The summed E-state index contributed by atoms with van der Waals surface area (Å²) in [6.07, 6.45) is 4.64. The van der Waals surface area contributed by atoms with Crippen molar-refractivity contribution in [1.82, 2.24) is 5.32 Å². The van der Waals surface area contributed by atoms with Crippen LogP contribution in [0.3, 0.4) is 0 Å². The molecule has 2 heteroatoms. The van der Waals surface area contributed by atoms with Crippen molar-refractivity contribution < 1.29 is 0 Å². The standard InChI is InChI=1S/C12H22N2/c1-7(5-13)14-6-10-11-8-2-3-9(4-8)12(10)11/h7-12,14H,2-6,13H2,1H3/t7-,8?,9?,10?,11?,12?/m0/s1. The molecule has 2 nitrogen and oxygen atoms in total. The fourth-order valence-corrected chi connectivity index (χ4v) is 4.20. The second kappa shape index (κ2) is 3.21. The second-order valence-electron chi connectivity index (χ2n) is 5.70. The second-order valence-corrected chi connectivity index (χ2v) is 5.70. The molecule has 2 bridgehead atoms. The lowest BCUT2D eigenvalue weighted by atomic mass is 10.0. The van der Waals surface area contributed by atoms with E-state index in [1.54, 1.807) is 6.42 Å². The summed E-state index contributed by atoms with van der Waals surface area (Å²) in [5.41, 5.74) is 5.60. The van der Waals surface area contributed by atoms with Gasteiger partial charge in [-0.3, -0.25) is 0 Å². The van der Waals surface area contributed by atoms with Crippen LogP contribution in [0.4, 0.5) is 0 Å². The van der Waals surface area contributed by atoms with Gasteiger partial charge in [-0.05, 0) is 62.3 Å². The van der Waals surface area contributed by atoms with Gasteiger partial charge in [0.05, 0.1) is 0 Å². The van der Waals surface area contributed by atoms with E-state index >= 15 is 0 Å². The first-order valence-corrected chi connectivity index (χ1v) is 6.24. The molecule has 3 aliphatic rings. The highest BCUT2D eigenvalue weighted by Gasteiger charge is 2.64. The zero-order valence-corrected chi connectivity index (χ0v) is 9.08. The van der Waals surface area contributed by atoms with Crippen molar-refractivity contribution in [3.63, 3.8) is 0 Å². The van der Waals surface area contributed by atoms with E-state index in [1.165, 1.54) is 19.4 Å². The van der Waals surface area contributed by atoms with Crippen LogP contribution in [0.2, 0.25) is 0 Å². The number of hydrogen-bond acceptors (Lipinski definition) is 2. The highest BCUT2D eigenvalue weighted by atomic mass is 14.9. The van der Waals surface area contributed by atoms with Crippen LogP contribution in [0.5, 0.6) is 0 Å². The van der Waals surface area contributed by atoms with Crippen molar-refractivity contribution >= 4 is 0 Å². The minimum Gasteiger partial charge on any atom is -0.329 e. The molecule has 4 unspecified atom stereocenters. The summed E-state index contributed by atoms with van der Waals surface area (Å²) >= 11 is 0. The third-order valence-electron chi connectivity index (χ3n) is 4.95. The molecule has 3 rings (SSSR count). The summed E-state index contributed by atoms with van der Waals surface area (Å²) in [4.78, 5) is 0. The molecule has 0 aromatic heterocycles. The van der Waals surface area contributed by atoms with Crippen molar-refractivity contribution in [2.45, 2.75) is 32.2 Å². The van der Waals surface area contributed by atoms with Crippen molar-refractivity contribution in [2.24, 2.45) is 35.3 Å². The summed E-state index contributed by atoms with van der Waals surface area (Å²) in [6, 6.07) is 0.508. The quantitative estimate of drug-likeness (QED) is 0.706. The Balaban J connectivity index is 1.50. The Morgan fingerprint density at radius 3 is 2.50 bits per heavy atom. The third kappa shape index (κ3) is 1.24. The largest absolute Gasteiger partial charge is 0.329 e. The molecule has 0 aromatic rings. The topological polar surface area (TPSA) is 38.0 Å². The van der Waals surface area contributed by atoms with E-state index in [1.807, 2.05) is 0 Å². The van der Waals surface area contributed by atoms with Gasteiger partial charge in [0.25, 0.3) is 0 Å². The molecule has 0 aliphatic heterocycles. The SMILES string of the molecule is C[C@@H](CN)NCC1C2C3CCC(C3)C12. The summed E-state index contributed by atoms with van der Waals surface area (Å²) < 4.78 is 0. The normalized spacial score (nSPS) is 50.6. The Labute approximate surface area is 86.6 Å². The Kier molecular flexibility index (Phi) is 2.10. The molecule has 3 fully saturated rings. The first-order valence-electron chi connectivity index (χ1n) is 6.24. The lowest BCUT2D eigenvalue weighted by molar-refractivity contribution is 0.425. The van der Waals surface area contributed by atoms with Crippen molar-refractivity contribution in [3.8, 4) is 0 Å². The average Bonchev–Trinajstić information content (AvgIpc) is 2.60. The van der Waals surface area contributed by atoms with Crippen LogP contribution in [0.1, 0.15) is 26.2 Å². The molecular weight excluding hydrogens is 172 g/mol. The monoisotopic (exact) mass is 194 g/mol. The van der Waals surface area contributed by atoms with Gasteiger partial charge in [-0.15, -0.1) is 0 Å². The molecule has 3 N–H and O–H groups in total. The molecule has 0 aromatic carbocycles. The molecule has 0 amide bonds. The fourth-order valence-electron chi connectivity index (χ4n) is 4.20. The lowest BCUT2D eigenvalue weighted by Gasteiger charge is -2.13. The van der Waals surface area contributed by atoms with Crippen LogP contribution in [-0.2, 0) is 0 Å². The Morgan fingerprint density at radius 2 is 1.93 bits per heavy atom. The third-order valence-corrected chi connectivity index (χ3v) is 4.95. The maximum absolute atomic E-state index is 5.60. The maximum atomic E-state index is 5.60. The number of fused-ring (bicyclic) bond motifs is 5. The molecule has 5 atom stereocenters. The van der Waals surface area contributed by atoms with E-state index in [9.17, 15) is 0 Å². The van der Waals surface area contributed by atoms with E-state index in [-0.39, 0.29) is 0 Å². The molecule has 0 radical (unpaired) electrons. The number of hydrogen-bond donors (Lipinski definition) is 2. The summed E-state index contributed by atoms with van der Waals surface area (Å²) in [7, 11) is 0. The molecule has 3 aliphatic carbocycles. The van der Waals surface area contributed by atoms with Gasteiger partial charge in [-0.25, -0.2) is 0 Å². The van der Waals surface area contributed by atoms with Gasteiger partial charge < -0.3 is 11.1 Å². The van der Waals surface area contributed by atoms with Gasteiger partial charge in [-0.1, -0.05) is 0 Å². The molecular formula is C12H22N2. The predicted molar refractivity (Wildman–Crippen MR) is 57.8 cm³/mol. The highest BCUT2D eigenvalue weighted by Crippen LogP contribution is 2.69. The minimum atomic E-state index is 0.508. The number of nitrogens with two attached hydrogens (primary N) is 1.